The lowest BCUT2D eigenvalue weighted by Crippen LogP contribution is -2.36. The molecule has 1 aromatic carbocycles. The number of amides is 3. The Labute approximate surface area is 195 Å². The molecule has 1 fully saturated rings. The molecule has 0 radical (unpaired) electrons. The van der Waals surface area contributed by atoms with Crippen LogP contribution in [0.5, 0.6) is 0 Å². The van der Waals surface area contributed by atoms with Crippen molar-refractivity contribution in [2.24, 2.45) is 11.1 Å². The fraction of sp³-hybridized carbons (Fsp3) is 0.409. The largest absolute Gasteiger partial charge is 0.334 e. The Morgan fingerprint density at radius 2 is 1.61 bits per heavy atom. The van der Waals surface area contributed by atoms with Gasteiger partial charge in [-0.05, 0) is 60.7 Å². The molecule has 0 unspecified atom stereocenters. The third-order valence-corrected chi connectivity index (χ3v) is 5.49. The fourth-order valence-electron chi connectivity index (χ4n) is 3.83. The van der Waals surface area contributed by atoms with Crippen molar-refractivity contribution in [1.29, 1.82) is 0 Å². The number of carbonyl (C=O) groups is 2. The average Bonchev–Trinajstić information content (AvgIpc) is 2.74. The molecule has 0 aliphatic heterocycles. The fourth-order valence-corrected chi connectivity index (χ4v) is 3.83. The molecule has 3 amide bonds. The number of rotatable bonds is 7. The van der Waals surface area contributed by atoms with Gasteiger partial charge in [0.15, 0.2) is 0 Å². The number of nitrogens with one attached hydrogen (secondary N) is 3. The molecular formula is C22H31Cl2N5O2. The van der Waals surface area contributed by atoms with Crippen molar-refractivity contribution in [3.63, 3.8) is 0 Å². The molecule has 1 saturated carbocycles. The number of aromatic nitrogens is 1. The molecule has 0 saturated heterocycles. The second kappa shape index (κ2) is 13.1. The number of hydrogen-bond acceptors (Lipinski definition) is 4. The van der Waals surface area contributed by atoms with Crippen molar-refractivity contribution in [3.05, 3.63) is 54.4 Å². The molecule has 3 rings (SSSR count). The third kappa shape index (κ3) is 8.36. The van der Waals surface area contributed by atoms with Crippen molar-refractivity contribution in [2.75, 3.05) is 17.2 Å². The Balaban J connectivity index is 0.00000240. The highest BCUT2D eigenvalue weighted by molar-refractivity contribution is 5.93. The Kier molecular flexibility index (Phi) is 11.3. The van der Waals surface area contributed by atoms with Crippen LogP contribution in [0.15, 0.2) is 48.8 Å². The third-order valence-electron chi connectivity index (χ3n) is 5.49. The van der Waals surface area contributed by atoms with E-state index in [2.05, 4.69) is 20.9 Å². The molecule has 0 bridgehead atoms. The van der Waals surface area contributed by atoms with Crippen LogP contribution in [0.3, 0.4) is 0 Å². The molecule has 1 aromatic heterocycles. The number of benzene rings is 1. The van der Waals surface area contributed by atoms with Gasteiger partial charge in [-0.15, -0.1) is 24.8 Å². The second-order valence-corrected chi connectivity index (χ2v) is 7.73. The summed E-state index contributed by atoms with van der Waals surface area (Å²) in [7, 11) is 0. The lowest BCUT2D eigenvalue weighted by molar-refractivity contribution is -0.118. The first kappa shape index (κ1) is 26.7. The van der Waals surface area contributed by atoms with E-state index in [0.717, 1.165) is 31.2 Å². The van der Waals surface area contributed by atoms with Crippen LogP contribution in [-0.4, -0.2) is 23.5 Å². The van der Waals surface area contributed by atoms with Gasteiger partial charge in [-0.3, -0.25) is 9.78 Å². The van der Waals surface area contributed by atoms with E-state index in [1.807, 2.05) is 18.2 Å². The maximum absolute atomic E-state index is 12.6. The zero-order valence-corrected chi connectivity index (χ0v) is 19.1. The molecule has 7 nitrogen and oxygen atoms in total. The van der Waals surface area contributed by atoms with Crippen molar-refractivity contribution < 1.29 is 9.59 Å². The number of anilines is 2. The van der Waals surface area contributed by atoms with Crippen LogP contribution < -0.4 is 21.7 Å². The normalized spacial score (nSPS) is 14.4. The lowest BCUT2D eigenvalue weighted by Gasteiger charge is -2.35. The number of carbonyl (C=O) groups excluding carboxylic acids is 2. The number of nitrogens with two attached hydrogens (primary N) is 1. The minimum atomic E-state index is -0.311. The monoisotopic (exact) mass is 467 g/mol. The lowest BCUT2D eigenvalue weighted by atomic mass is 9.71. The van der Waals surface area contributed by atoms with Crippen LogP contribution >= 0.6 is 24.8 Å². The summed E-state index contributed by atoms with van der Waals surface area (Å²) in [6.07, 6.45) is 9.32. The van der Waals surface area contributed by atoms with E-state index < -0.39 is 0 Å². The van der Waals surface area contributed by atoms with Gasteiger partial charge in [0.05, 0.1) is 0 Å². The summed E-state index contributed by atoms with van der Waals surface area (Å²) in [4.78, 5) is 28.6. The summed E-state index contributed by atoms with van der Waals surface area (Å²) >= 11 is 0. The molecule has 1 aliphatic rings. The summed E-state index contributed by atoms with van der Waals surface area (Å²) < 4.78 is 0. The standard InChI is InChI=1S/C22H29N5O2.2ClH/c23-16-22(9-2-1-3-10-22)14-20(28)26-18-5-4-6-19(13-18)27-21(29)25-15-17-7-11-24-12-8-17;;/h4-8,11-13H,1-3,9-10,14-16,23H2,(H,26,28)(H2,25,27,29);2*1H. The number of pyridine rings is 1. The van der Waals surface area contributed by atoms with E-state index in [0.29, 0.717) is 30.9 Å². The van der Waals surface area contributed by atoms with Crippen LogP contribution in [0.1, 0.15) is 44.1 Å². The predicted molar refractivity (Wildman–Crippen MR) is 129 cm³/mol. The minimum absolute atomic E-state index is 0. The molecule has 9 heteroatoms. The van der Waals surface area contributed by atoms with Crippen LogP contribution in [0, 0.1) is 5.41 Å². The molecule has 0 atom stereocenters. The topological polar surface area (TPSA) is 109 Å². The molecular weight excluding hydrogens is 437 g/mol. The smallest absolute Gasteiger partial charge is 0.319 e. The van der Waals surface area contributed by atoms with Gasteiger partial charge in [0, 0.05) is 36.7 Å². The van der Waals surface area contributed by atoms with Crippen LogP contribution in [0.25, 0.3) is 0 Å². The van der Waals surface area contributed by atoms with Crippen molar-refractivity contribution in [1.82, 2.24) is 10.3 Å². The summed E-state index contributed by atoms with van der Waals surface area (Å²) in [5, 5.41) is 8.53. The Bertz CT molecular complexity index is 830. The van der Waals surface area contributed by atoms with Gasteiger partial charge in [-0.1, -0.05) is 25.3 Å². The Morgan fingerprint density at radius 3 is 2.26 bits per heavy atom. The van der Waals surface area contributed by atoms with Gasteiger partial charge in [-0.25, -0.2) is 4.79 Å². The summed E-state index contributed by atoms with van der Waals surface area (Å²) in [5.74, 6) is -0.0309. The van der Waals surface area contributed by atoms with E-state index >= 15 is 0 Å². The van der Waals surface area contributed by atoms with Gasteiger partial charge in [0.1, 0.15) is 0 Å². The number of urea groups is 1. The number of halogens is 2. The zero-order chi connectivity index (χ0) is 20.5. The minimum Gasteiger partial charge on any atom is -0.334 e. The Hall–Kier alpha value is -2.35. The van der Waals surface area contributed by atoms with Gasteiger partial charge >= 0.3 is 6.03 Å². The first-order chi connectivity index (χ1) is 14.1. The van der Waals surface area contributed by atoms with Crippen molar-refractivity contribution >= 4 is 48.1 Å². The van der Waals surface area contributed by atoms with E-state index in [-0.39, 0.29) is 42.2 Å². The average molecular weight is 468 g/mol. The Morgan fingerprint density at radius 1 is 0.968 bits per heavy atom. The summed E-state index contributed by atoms with van der Waals surface area (Å²) in [6, 6.07) is 10.5. The van der Waals surface area contributed by atoms with Gasteiger partial charge in [-0.2, -0.15) is 0 Å². The molecule has 31 heavy (non-hydrogen) atoms. The molecule has 2 aromatic rings. The first-order valence-corrected chi connectivity index (χ1v) is 10.1. The highest BCUT2D eigenvalue weighted by atomic mass is 35.5. The zero-order valence-electron chi connectivity index (χ0n) is 17.4. The summed E-state index contributed by atoms with van der Waals surface area (Å²) in [5.41, 5.74) is 8.15. The quantitative estimate of drug-likeness (QED) is 0.480. The van der Waals surface area contributed by atoms with Crippen LogP contribution in [0.4, 0.5) is 16.2 Å². The van der Waals surface area contributed by atoms with E-state index in [4.69, 9.17) is 5.73 Å². The van der Waals surface area contributed by atoms with Crippen molar-refractivity contribution in [2.45, 2.75) is 45.1 Å². The molecule has 0 spiro atoms. The molecule has 170 valence electrons. The first-order valence-electron chi connectivity index (χ1n) is 10.1. The van der Waals surface area contributed by atoms with Gasteiger partial charge < -0.3 is 21.7 Å². The van der Waals surface area contributed by atoms with E-state index in [9.17, 15) is 9.59 Å². The molecule has 5 N–H and O–H groups in total. The molecule has 1 heterocycles. The van der Waals surface area contributed by atoms with E-state index in [1.54, 1.807) is 30.6 Å². The van der Waals surface area contributed by atoms with Crippen LogP contribution in [-0.2, 0) is 11.3 Å². The number of nitrogens with zero attached hydrogens (tertiary/aromatic N) is 1. The second-order valence-electron chi connectivity index (χ2n) is 7.73. The highest BCUT2D eigenvalue weighted by Crippen LogP contribution is 2.38. The van der Waals surface area contributed by atoms with Gasteiger partial charge in [0.2, 0.25) is 5.91 Å². The highest BCUT2D eigenvalue weighted by Gasteiger charge is 2.32. The SMILES string of the molecule is Cl.Cl.NCC1(CC(=O)Nc2cccc(NC(=O)NCc3ccncc3)c2)CCCCC1. The maximum atomic E-state index is 12.6. The molecule has 1 aliphatic carbocycles. The van der Waals surface area contributed by atoms with E-state index in [1.165, 1.54) is 6.42 Å². The summed E-state index contributed by atoms with van der Waals surface area (Å²) in [6.45, 7) is 0.950. The predicted octanol–water partition coefficient (Wildman–Crippen LogP) is 4.48. The maximum Gasteiger partial charge on any atom is 0.319 e. The number of hydrogen-bond donors (Lipinski definition) is 4. The van der Waals surface area contributed by atoms with Gasteiger partial charge in [0.25, 0.3) is 0 Å². The van der Waals surface area contributed by atoms with Crippen molar-refractivity contribution in [3.8, 4) is 0 Å². The van der Waals surface area contributed by atoms with Crippen LogP contribution in [0.2, 0.25) is 0 Å².